The summed E-state index contributed by atoms with van der Waals surface area (Å²) < 4.78 is 0. The number of hydrogen-bond acceptors (Lipinski definition) is 5. The van der Waals surface area contributed by atoms with Crippen LogP contribution in [-0.2, 0) is 13.1 Å². The molecule has 4 rings (SSSR count). The lowest BCUT2D eigenvalue weighted by Crippen LogP contribution is -2.37. The normalized spacial score (nSPS) is 17.1. The van der Waals surface area contributed by atoms with Crippen LogP contribution in [0.5, 0.6) is 0 Å². The van der Waals surface area contributed by atoms with Gasteiger partial charge in [0.2, 0.25) is 0 Å². The van der Waals surface area contributed by atoms with Crippen LogP contribution in [0, 0.1) is 6.92 Å². The lowest BCUT2D eigenvalue weighted by Gasteiger charge is -2.33. The highest BCUT2D eigenvalue weighted by Gasteiger charge is 2.19. The van der Waals surface area contributed by atoms with Crippen molar-refractivity contribution >= 4 is 5.82 Å². The van der Waals surface area contributed by atoms with Gasteiger partial charge in [-0.15, -0.1) is 0 Å². The fraction of sp³-hybridized carbons (Fsp3) is 0.375. The molecule has 1 aliphatic heterocycles. The van der Waals surface area contributed by atoms with Crippen LogP contribution < -0.4 is 10.9 Å². The van der Waals surface area contributed by atoms with Gasteiger partial charge in [-0.05, 0) is 56.5 Å². The van der Waals surface area contributed by atoms with E-state index >= 15 is 0 Å². The topological polar surface area (TPSA) is 73.9 Å². The summed E-state index contributed by atoms with van der Waals surface area (Å²) in [7, 11) is 0. The zero-order valence-electron chi connectivity index (χ0n) is 17.7. The van der Waals surface area contributed by atoms with Crippen LogP contribution in [0.1, 0.15) is 43.0 Å². The van der Waals surface area contributed by atoms with Crippen molar-refractivity contribution in [3.05, 3.63) is 75.8 Å². The van der Waals surface area contributed by atoms with Crippen molar-refractivity contribution in [2.45, 2.75) is 52.2 Å². The third-order valence-corrected chi connectivity index (χ3v) is 5.80. The number of piperidine rings is 1. The minimum Gasteiger partial charge on any atom is -0.366 e. The van der Waals surface area contributed by atoms with Crippen LogP contribution in [0.25, 0.3) is 11.4 Å². The van der Waals surface area contributed by atoms with Gasteiger partial charge in [-0.3, -0.25) is 9.69 Å². The fourth-order valence-corrected chi connectivity index (χ4v) is 4.04. The van der Waals surface area contributed by atoms with Crippen molar-refractivity contribution in [3.8, 4) is 11.4 Å². The molecule has 156 valence electrons. The molecule has 0 bridgehead atoms. The molecule has 0 amide bonds. The largest absolute Gasteiger partial charge is 0.366 e. The lowest BCUT2D eigenvalue weighted by molar-refractivity contribution is 0.152. The first-order chi connectivity index (χ1) is 14.6. The molecular formula is C24H29N5O. The highest BCUT2D eigenvalue weighted by Crippen LogP contribution is 2.21. The zero-order chi connectivity index (χ0) is 20.9. The van der Waals surface area contributed by atoms with E-state index in [1.807, 2.05) is 19.1 Å². The van der Waals surface area contributed by atoms with Crippen molar-refractivity contribution in [2.24, 2.45) is 0 Å². The van der Waals surface area contributed by atoms with Crippen LogP contribution in [-0.4, -0.2) is 32.4 Å². The summed E-state index contributed by atoms with van der Waals surface area (Å²) in [5.74, 6) is 1.34. The van der Waals surface area contributed by atoms with E-state index in [0.717, 1.165) is 24.5 Å². The number of nitrogens with zero attached hydrogens (tertiary/aromatic N) is 3. The second-order valence-corrected chi connectivity index (χ2v) is 8.11. The third kappa shape index (κ3) is 4.94. The minimum atomic E-state index is -0.153. The summed E-state index contributed by atoms with van der Waals surface area (Å²) >= 11 is 0. The first kappa shape index (κ1) is 20.3. The Hall–Kier alpha value is -2.99. The van der Waals surface area contributed by atoms with Crippen LogP contribution in [0.4, 0.5) is 5.82 Å². The number of H-pyrrole nitrogens is 1. The molecule has 0 saturated carbocycles. The number of nitrogens with one attached hydrogen (secondary N) is 2. The van der Waals surface area contributed by atoms with E-state index in [4.69, 9.17) is 0 Å². The molecule has 1 aromatic carbocycles. The Bertz CT molecular complexity index is 1040. The molecule has 1 fully saturated rings. The number of aryl methyl sites for hydroxylation is 1. The molecule has 6 heteroatoms. The van der Waals surface area contributed by atoms with Gasteiger partial charge in [0.1, 0.15) is 11.6 Å². The third-order valence-electron chi connectivity index (χ3n) is 5.80. The summed E-state index contributed by atoms with van der Waals surface area (Å²) in [6, 6.07) is 14.6. The highest BCUT2D eigenvalue weighted by molar-refractivity contribution is 5.56. The van der Waals surface area contributed by atoms with Crippen LogP contribution in [0.3, 0.4) is 0 Å². The van der Waals surface area contributed by atoms with Gasteiger partial charge in [-0.1, -0.05) is 30.7 Å². The van der Waals surface area contributed by atoms with E-state index in [1.54, 1.807) is 6.20 Å². The van der Waals surface area contributed by atoms with E-state index in [0.29, 0.717) is 17.6 Å². The minimum absolute atomic E-state index is 0.153. The summed E-state index contributed by atoms with van der Waals surface area (Å²) in [4.78, 5) is 25.9. The van der Waals surface area contributed by atoms with E-state index < -0.39 is 0 Å². The molecule has 30 heavy (non-hydrogen) atoms. The summed E-state index contributed by atoms with van der Waals surface area (Å²) in [5.41, 5.74) is 4.00. The van der Waals surface area contributed by atoms with Gasteiger partial charge in [0.15, 0.2) is 0 Å². The second kappa shape index (κ2) is 9.22. The molecule has 0 radical (unpaired) electrons. The average molecular weight is 404 g/mol. The number of anilines is 1. The number of benzene rings is 1. The standard InChI is InChI=1S/C24H29N5O/c1-17-13-23(30)28-24(27-17)20-10-11-22(26-15-20)25-14-19-8-3-4-9-21(19)16-29-12-6-5-7-18(29)2/h3-4,8-11,13,15,18H,5-7,12,14,16H2,1-2H3,(H,25,26)(H,27,28,30). The van der Waals surface area contributed by atoms with Gasteiger partial charge in [0, 0.05) is 42.7 Å². The number of aromatic amines is 1. The van der Waals surface area contributed by atoms with Gasteiger partial charge in [0.05, 0.1) is 0 Å². The lowest BCUT2D eigenvalue weighted by atomic mass is 10.0. The number of rotatable bonds is 6. The molecular weight excluding hydrogens is 374 g/mol. The van der Waals surface area contributed by atoms with Gasteiger partial charge < -0.3 is 10.3 Å². The molecule has 1 unspecified atom stereocenters. The maximum absolute atomic E-state index is 11.7. The molecule has 2 N–H and O–H groups in total. The monoisotopic (exact) mass is 403 g/mol. The van der Waals surface area contributed by atoms with Crippen molar-refractivity contribution in [3.63, 3.8) is 0 Å². The SMILES string of the molecule is Cc1cc(=O)[nH]c(-c2ccc(NCc3ccccc3CN3CCCCC3C)nc2)n1. The van der Waals surface area contributed by atoms with E-state index in [1.165, 1.54) is 43.0 Å². The van der Waals surface area contributed by atoms with Gasteiger partial charge in [0.25, 0.3) is 5.56 Å². The molecule has 1 atom stereocenters. The van der Waals surface area contributed by atoms with Crippen molar-refractivity contribution < 1.29 is 0 Å². The van der Waals surface area contributed by atoms with E-state index in [-0.39, 0.29) is 5.56 Å². The zero-order valence-corrected chi connectivity index (χ0v) is 17.7. The van der Waals surface area contributed by atoms with E-state index in [2.05, 4.69) is 56.4 Å². The second-order valence-electron chi connectivity index (χ2n) is 8.11. The Balaban J connectivity index is 1.43. The predicted molar refractivity (Wildman–Crippen MR) is 120 cm³/mol. The quantitative estimate of drug-likeness (QED) is 0.647. The molecule has 6 nitrogen and oxygen atoms in total. The van der Waals surface area contributed by atoms with E-state index in [9.17, 15) is 4.79 Å². The van der Waals surface area contributed by atoms with Gasteiger partial charge in [-0.2, -0.15) is 0 Å². The maximum atomic E-state index is 11.7. The Morgan fingerprint density at radius 3 is 2.73 bits per heavy atom. The Morgan fingerprint density at radius 1 is 1.17 bits per heavy atom. The Kier molecular flexibility index (Phi) is 6.23. The molecule has 3 aromatic rings. The Labute approximate surface area is 177 Å². The summed E-state index contributed by atoms with van der Waals surface area (Å²) in [6.07, 6.45) is 5.66. The van der Waals surface area contributed by atoms with Crippen LogP contribution >= 0.6 is 0 Å². The smallest absolute Gasteiger partial charge is 0.251 e. The summed E-state index contributed by atoms with van der Waals surface area (Å²) in [6.45, 7) is 7.05. The van der Waals surface area contributed by atoms with Crippen LogP contribution in [0.15, 0.2) is 53.5 Å². The van der Waals surface area contributed by atoms with Crippen LogP contribution in [0.2, 0.25) is 0 Å². The average Bonchev–Trinajstić information content (AvgIpc) is 2.74. The summed E-state index contributed by atoms with van der Waals surface area (Å²) in [5, 5.41) is 3.43. The fourth-order valence-electron chi connectivity index (χ4n) is 4.04. The number of pyridine rings is 1. The van der Waals surface area contributed by atoms with Gasteiger partial charge in [-0.25, -0.2) is 9.97 Å². The van der Waals surface area contributed by atoms with Gasteiger partial charge >= 0.3 is 0 Å². The first-order valence-electron chi connectivity index (χ1n) is 10.7. The maximum Gasteiger partial charge on any atom is 0.251 e. The predicted octanol–water partition coefficient (Wildman–Crippen LogP) is 4.13. The van der Waals surface area contributed by atoms with Crippen molar-refractivity contribution in [1.29, 1.82) is 0 Å². The highest BCUT2D eigenvalue weighted by atomic mass is 16.1. The van der Waals surface area contributed by atoms with Crippen molar-refractivity contribution in [2.75, 3.05) is 11.9 Å². The molecule has 2 aromatic heterocycles. The molecule has 1 aliphatic rings. The number of aromatic nitrogens is 3. The molecule has 0 spiro atoms. The molecule has 0 aliphatic carbocycles. The molecule has 1 saturated heterocycles. The molecule has 3 heterocycles. The first-order valence-corrected chi connectivity index (χ1v) is 10.7. The van der Waals surface area contributed by atoms with Crippen molar-refractivity contribution in [1.82, 2.24) is 19.9 Å². The number of hydrogen-bond donors (Lipinski definition) is 2. The number of likely N-dealkylation sites (tertiary alicyclic amines) is 1. The Morgan fingerprint density at radius 2 is 2.00 bits per heavy atom.